The number of nitriles is 1. The first kappa shape index (κ1) is 25.1. The standard InChI is InChI=1S/C25H31N5O4S/c1-20(28-10-3-11-29(13-12-28)23-8-6-21(19-26)7-9-23)25(31)27-22-4-2-5-24(18-22)35(32,33)30-14-16-34-17-15-30/h2,4-9,18,20H,3,10-17H2,1H3,(H,27,31). The number of benzene rings is 2. The van der Waals surface area contributed by atoms with Crippen LogP contribution in [0, 0.1) is 11.3 Å². The number of hydrogen-bond acceptors (Lipinski definition) is 7. The van der Waals surface area contributed by atoms with Crippen LogP contribution < -0.4 is 10.2 Å². The molecule has 2 aliphatic rings. The fourth-order valence-electron chi connectivity index (χ4n) is 4.41. The van der Waals surface area contributed by atoms with Crippen LogP contribution in [-0.4, -0.2) is 82.1 Å². The zero-order chi connectivity index (χ0) is 24.8. The third-order valence-corrected chi connectivity index (χ3v) is 8.42. The van der Waals surface area contributed by atoms with Gasteiger partial charge < -0.3 is 15.0 Å². The summed E-state index contributed by atoms with van der Waals surface area (Å²) in [7, 11) is -3.63. The molecule has 2 aromatic rings. The lowest BCUT2D eigenvalue weighted by molar-refractivity contribution is -0.120. The highest BCUT2D eigenvalue weighted by Gasteiger charge is 2.28. The second-order valence-electron chi connectivity index (χ2n) is 8.74. The van der Waals surface area contributed by atoms with Gasteiger partial charge in [-0.1, -0.05) is 6.07 Å². The Hall–Kier alpha value is -2.97. The summed E-state index contributed by atoms with van der Waals surface area (Å²) in [6, 6.07) is 15.8. The Kier molecular flexibility index (Phi) is 8.03. The maximum Gasteiger partial charge on any atom is 0.243 e. The fourth-order valence-corrected chi connectivity index (χ4v) is 5.87. The van der Waals surface area contributed by atoms with E-state index in [1.165, 1.54) is 10.4 Å². The first-order chi connectivity index (χ1) is 16.9. The maximum absolute atomic E-state index is 13.0. The highest BCUT2D eigenvalue weighted by molar-refractivity contribution is 7.89. The monoisotopic (exact) mass is 497 g/mol. The molecule has 35 heavy (non-hydrogen) atoms. The van der Waals surface area contributed by atoms with Gasteiger partial charge in [0.1, 0.15) is 0 Å². The number of sulfonamides is 1. The van der Waals surface area contributed by atoms with Crippen molar-refractivity contribution in [2.45, 2.75) is 24.3 Å². The molecule has 2 aromatic carbocycles. The van der Waals surface area contributed by atoms with E-state index >= 15 is 0 Å². The molecule has 4 rings (SSSR count). The van der Waals surface area contributed by atoms with E-state index in [1.54, 1.807) is 18.2 Å². The van der Waals surface area contributed by atoms with E-state index in [2.05, 4.69) is 21.2 Å². The van der Waals surface area contributed by atoms with Gasteiger partial charge >= 0.3 is 0 Å². The highest BCUT2D eigenvalue weighted by Crippen LogP contribution is 2.22. The van der Waals surface area contributed by atoms with E-state index in [1.807, 2.05) is 31.2 Å². The summed E-state index contributed by atoms with van der Waals surface area (Å²) in [5, 5.41) is 11.9. The van der Waals surface area contributed by atoms with Gasteiger partial charge in [-0.2, -0.15) is 9.57 Å². The molecule has 2 heterocycles. The van der Waals surface area contributed by atoms with Gasteiger partial charge in [-0.05, 0) is 55.8 Å². The SMILES string of the molecule is CC(C(=O)Nc1cccc(S(=O)(=O)N2CCOCC2)c1)N1CCCN(c2ccc(C#N)cc2)CC1. The average molecular weight is 498 g/mol. The zero-order valence-corrected chi connectivity index (χ0v) is 20.7. The number of rotatable bonds is 6. The van der Waals surface area contributed by atoms with Crippen molar-refractivity contribution in [3.05, 3.63) is 54.1 Å². The summed E-state index contributed by atoms with van der Waals surface area (Å²) in [4.78, 5) is 17.6. The van der Waals surface area contributed by atoms with Crippen molar-refractivity contribution in [3.63, 3.8) is 0 Å². The fraction of sp³-hybridized carbons (Fsp3) is 0.440. The molecule has 0 saturated carbocycles. The van der Waals surface area contributed by atoms with Gasteiger partial charge in [0.25, 0.3) is 0 Å². The summed E-state index contributed by atoms with van der Waals surface area (Å²) >= 11 is 0. The number of nitrogens with one attached hydrogen (secondary N) is 1. The van der Waals surface area contributed by atoms with Crippen LogP contribution in [0.1, 0.15) is 18.9 Å². The Labute approximate surface area is 206 Å². The number of morpholine rings is 1. The minimum Gasteiger partial charge on any atom is -0.379 e. The molecule has 9 nitrogen and oxygen atoms in total. The van der Waals surface area contributed by atoms with E-state index in [9.17, 15) is 13.2 Å². The molecular formula is C25H31N5O4S. The largest absolute Gasteiger partial charge is 0.379 e. The number of amides is 1. The van der Waals surface area contributed by atoms with E-state index in [-0.39, 0.29) is 16.8 Å². The van der Waals surface area contributed by atoms with E-state index < -0.39 is 10.0 Å². The van der Waals surface area contributed by atoms with Crippen LogP contribution in [0.2, 0.25) is 0 Å². The molecule has 1 N–H and O–H groups in total. The van der Waals surface area contributed by atoms with Crippen molar-refractivity contribution in [1.29, 1.82) is 5.26 Å². The molecule has 1 unspecified atom stereocenters. The first-order valence-electron chi connectivity index (χ1n) is 11.9. The van der Waals surface area contributed by atoms with Crippen molar-refractivity contribution in [2.75, 3.05) is 62.7 Å². The third-order valence-electron chi connectivity index (χ3n) is 6.53. The summed E-state index contributed by atoms with van der Waals surface area (Å²) < 4.78 is 32.6. The molecule has 0 spiro atoms. The lowest BCUT2D eigenvalue weighted by Gasteiger charge is -2.28. The molecule has 0 radical (unpaired) electrons. The molecule has 0 aliphatic carbocycles. The lowest BCUT2D eigenvalue weighted by atomic mass is 10.2. The Morgan fingerprint density at radius 1 is 1.03 bits per heavy atom. The second kappa shape index (κ2) is 11.2. The maximum atomic E-state index is 13.0. The number of carbonyl (C=O) groups is 1. The predicted molar refractivity (Wildman–Crippen MR) is 134 cm³/mol. The van der Waals surface area contributed by atoms with E-state index in [0.717, 1.165) is 38.3 Å². The van der Waals surface area contributed by atoms with Crippen molar-refractivity contribution in [3.8, 4) is 6.07 Å². The van der Waals surface area contributed by atoms with Crippen LogP contribution in [0.4, 0.5) is 11.4 Å². The van der Waals surface area contributed by atoms with Crippen LogP contribution in [0.5, 0.6) is 0 Å². The van der Waals surface area contributed by atoms with Gasteiger partial charge in [0.05, 0.1) is 35.8 Å². The normalized spacial score (nSPS) is 18.9. The van der Waals surface area contributed by atoms with Gasteiger partial charge in [0.15, 0.2) is 0 Å². The average Bonchev–Trinajstić information content (AvgIpc) is 3.15. The van der Waals surface area contributed by atoms with Crippen molar-refractivity contribution in [1.82, 2.24) is 9.21 Å². The summed E-state index contributed by atoms with van der Waals surface area (Å²) in [5.74, 6) is -0.169. The van der Waals surface area contributed by atoms with Gasteiger partial charge in [0, 0.05) is 50.6 Å². The van der Waals surface area contributed by atoms with E-state index in [0.29, 0.717) is 37.6 Å². The summed E-state index contributed by atoms with van der Waals surface area (Å²) in [6.45, 7) is 6.44. The molecule has 2 aliphatic heterocycles. The molecule has 186 valence electrons. The Morgan fingerprint density at radius 2 is 1.77 bits per heavy atom. The molecule has 2 saturated heterocycles. The quantitative estimate of drug-likeness (QED) is 0.652. The van der Waals surface area contributed by atoms with Gasteiger partial charge in [0.2, 0.25) is 15.9 Å². The molecule has 10 heteroatoms. The van der Waals surface area contributed by atoms with Crippen LogP contribution in [0.15, 0.2) is 53.4 Å². The number of ether oxygens (including phenoxy) is 1. The van der Waals surface area contributed by atoms with Crippen molar-refractivity contribution >= 4 is 27.3 Å². The zero-order valence-electron chi connectivity index (χ0n) is 19.9. The summed E-state index contributed by atoms with van der Waals surface area (Å²) in [5.41, 5.74) is 2.17. The van der Waals surface area contributed by atoms with Crippen molar-refractivity contribution in [2.24, 2.45) is 0 Å². The van der Waals surface area contributed by atoms with Gasteiger partial charge in [-0.3, -0.25) is 9.69 Å². The highest BCUT2D eigenvalue weighted by atomic mass is 32.2. The Bertz CT molecular complexity index is 1170. The smallest absolute Gasteiger partial charge is 0.243 e. The predicted octanol–water partition coefficient (Wildman–Crippen LogP) is 2.12. The van der Waals surface area contributed by atoms with Gasteiger partial charge in [-0.25, -0.2) is 8.42 Å². The molecule has 0 aromatic heterocycles. The second-order valence-corrected chi connectivity index (χ2v) is 10.7. The topological polar surface area (TPSA) is 106 Å². The minimum absolute atomic E-state index is 0.165. The number of nitrogens with zero attached hydrogens (tertiary/aromatic N) is 4. The Balaban J connectivity index is 1.37. The molecule has 1 amide bonds. The van der Waals surface area contributed by atoms with Crippen LogP contribution in [0.3, 0.4) is 0 Å². The molecule has 0 bridgehead atoms. The van der Waals surface area contributed by atoms with Crippen LogP contribution >= 0.6 is 0 Å². The number of anilines is 2. The Morgan fingerprint density at radius 3 is 2.49 bits per heavy atom. The minimum atomic E-state index is -3.63. The lowest BCUT2D eigenvalue weighted by Crippen LogP contribution is -2.44. The van der Waals surface area contributed by atoms with E-state index in [4.69, 9.17) is 10.00 Å². The van der Waals surface area contributed by atoms with Crippen LogP contribution in [-0.2, 0) is 19.6 Å². The van der Waals surface area contributed by atoms with Gasteiger partial charge in [-0.15, -0.1) is 0 Å². The molecular weight excluding hydrogens is 466 g/mol. The van der Waals surface area contributed by atoms with Crippen molar-refractivity contribution < 1.29 is 17.9 Å². The molecule has 2 fully saturated rings. The number of hydrogen-bond donors (Lipinski definition) is 1. The molecule has 1 atom stereocenters. The first-order valence-corrected chi connectivity index (χ1v) is 13.3. The summed E-state index contributed by atoms with van der Waals surface area (Å²) in [6.07, 6.45) is 0.908. The van der Waals surface area contributed by atoms with Crippen LogP contribution in [0.25, 0.3) is 0 Å². The third kappa shape index (κ3) is 6.00. The number of carbonyl (C=O) groups excluding carboxylic acids is 1.